The summed E-state index contributed by atoms with van der Waals surface area (Å²) in [6, 6.07) is 4.75. The van der Waals surface area contributed by atoms with Crippen molar-refractivity contribution in [2.75, 3.05) is 46.5 Å². The Balaban J connectivity index is 1.44. The number of rotatable bonds is 4. The summed E-state index contributed by atoms with van der Waals surface area (Å²) in [5, 5.41) is 0. The van der Waals surface area contributed by atoms with Gasteiger partial charge in [0, 0.05) is 43.4 Å². The average molecular weight is 317 g/mol. The zero-order chi connectivity index (χ0) is 15.6. The number of aromatic nitrogens is 1. The maximum absolute atomic E-state index is 5.95. The Kier molecular flexibility index (Phi) is 4.51. The van der Waals surface area contributed by atoms with Crippen LogP contribution in [-0.2, 0) is 11.3 Å². The van der Waals surface area contributed by atoms with E-state index in [9.17, 15) is 0 Å². The van der Waals surface area contributed by atoms with E-state index in [0.29, 0.717) is 12.0 Å². The van der Waals surface area contributed by atoms with Gasteiger partial charge in [0.05, 0.1) is 20.3 Å². The molecule has 23 heavy (non-hydrogen) atoms. The second kappa shape index (κ2) is 6.75. The van der Waals surface area contributed by atoms with E-state index in [0.717, 1.165) is 38.1 Å². The summed E-state index contributed by atoms with van der Waals surface area (Å²) in [7, 11) is 1.70. The van der Waals surface area contributed by atoms with Crippen molar-refractivity contribution in [1.82, 2.24) is 14.8 Å². The smallest absolute Gasteiger partial charge is 0.217 e. The van der Waals surface area contributed by atoms with Gasteiger partial charge < -0.3 is 9.47 Å². The number of methoxy groups -OCH3 is 1. The van der Waals surface area contributed by atoms with Crippen LogP contribution in [-0.4, -0.2) is 67.3 Å². The van der Waals surface area contributed by atoms with E-state index in [4.69, 9.17) is 9.47 Å². The van der Waals surface area contributed by atoms with E-state index in [1.54, 1.807) is 13.3 Å². The molecule has 0 amide bonds. The SMILES string of the molecule is COc1ncccc1CN1C[C@@H]2COC[C@@H](N3CCCC3)[C@@H]2C1. The van der Waals surface area contributed by atoms with E-state index >= 15 is 0 Å². The van der Waals surface area contributed by atoms with E-state index in [-0.39, 0.29) is 0 Å². The number of hydrogen-bond donors (Lipinski definition) is 0. The fourth-order valence-corrected chi connectivity index (χ4v) is 4.61. The van der Waals surface area contributed by atoms with Gasteiger partial charge in [0.2, 0.25) is 5.88 Å². The van der Waals surface area contributed by atoms with Crippen molar-refractivity contribution in [1.29, 1.82) is 0 Å². The average Bonchev–Trinajstić information content (AvgIpc) is 3.24. The molecular formula is C18H27N3O2. The van der Waals surface area contributed by atoms with Gasteiger partial charge in [0.15, 0.2) is 0 Å². The highest BCUT2D eigenvalue weighted by molar-refractivity contribution is 5.25. The molecule has 0 spiro atoms. The van der Waals surface area contributed by atoms with Crippen molar-refractivity contribution < 1.29 is 9.47 Å². The Labute approximate surface area is 138 Å². The van der Waals surface area contributed by atoms with Gasteiger partial charge in [-0.1, -0.05) is 6.07 Å². The number of fused-ring (bicyclic) bond motifs is 1. The van der Waals surface area contributed by atoms with Crippen LogP contribution in [0.5, 0.6) is 5.88 Å². The van der Waals surface area contributed by atoms with Gasteiger partial charge in [-0.15, -0.1) is 0 Å². The van der Waals surface area contributed by atoms with Crippen molar-refractivity contribution in [2.24, 2.45) is 11.8 Å². The molecule has 1 aromatic heterocycles. The molecule has 0 unspecified atom stereocenters. The van der Waals surface area contributed by atoms with Gasteiger partial charge in [-0.25, -0.2) is 4.98 Å². The highest BCUT2D eigenvalue weighted by Crippen LogP contribution is 2.35. The first-order valence-corrected chi connectivity index (χ1v) is 8.87. The van der Waals surface area contributed by atoms with Crippen LogP contribution in [0, 0.1) is 11.8 Å². The zero-order valence-electron chi connectivity index (χ0n) is 14.0. The van der Waals surface area contributed by atoms with Crippen LogP contribution in [0.15, 0.2) is 18.3 Å². The fourth-order valence-electron chi connectivity index (χ4n) is 4.61. The van der Waals surface area contributed by atoms with Crippen LogP contribution < -0.4 is 4.74 Å². The molecule has 0 bridgehead atoms. The molecule has 0 N–H and O–H groups in total. The van der Waals surface area contributed by atoms with Crippen molar-refractivity contribution in [3.05, 3.63) is 23.9 Å². The Hall–Kier alpha value is -1.17. The molecule has 0 aromatic carbocycles. The minimum atomic E-state index is 0.622. The Morgan fingerprint density at radius 3 is 2.96 bits per heavy atom. The van der Waals surface area contributed by atoms with Gasteiger partial charge >= 0.3 is 0 Å². The number of ether oxygens (including phenoxy) is 2. The molecule has 5 nitrogen and oxygen atoms in total. The lowest BCUT2D eigenvalue weighted by molar-refractivity contribution is -0.0308. The van der Waals surface area contributed by atoms with Crippen molar-refractivity contribution in [2.45, 2.75) is 25.4 Å². The lowest BCUT2D eigenvalue weighted by atomic mass is 9.87. The van der Waals surface area contributed by atoms with Gasteiger partial charge in [0.1, 0.15) is 0 Å². The third-order valence-electron chi connectivity index (χ3n) is 5.73. The maximum Gasteiger partial charge on any atom is 0.217 e. The molecule has 3 atom stereocenters. The van der Waals surface area contributed by atoms with Crippen LogP contribution in [0.3, 0.4) is 0 Å². The first-order chi connectivity index (χ1) is 11.3. The quantitative estimate of drug-likeness (QED) is 0.844. The van der Waals surface area contributed by atoms with Crippen LogP contribution >= 0.6 is 0 Å². The Bertz CT molecular complexity index is 533. The summed E-state index contributed by atoms with van der Waals surface area (Å²) in [5.41, 5.74) is 1.19. The van der Waals surface area contributed by atoms with Gasteiger partial charge in [-0.2, -0.15) is 0 Å². The Morgan fingerprint density at radius 2 is 2.13 bits per heavy atom. The molecule has 0 radical (unpaired) electrons. The molecule has 5 heteroatoms. The van der Waals surface area contributed by atoms with Crippen LogP contribution in [0.4, 0.5) is 0 Å². The first kappa shape index (κ1) is 15.4. The minimum absolute atomic E-state index is 0.622. The molecule has 0 saturated carbocycles. The second-order valence-corrected chi connectivity index (χ2v) is 7.14. The lowest BCUT2D eigenvalue weighted by Crippen LogP contribution is -2.49. The predicted molar refractivity (Wildman–Crippen MR) is 88.5 cm³/mol. The molecule has 4 rings (SSSR count). The highest BCUT2D eigenvalue weighted by Gasteiger charge is 2.43. The van der Waals surface area contributed by atoms with Crippen molar-refractivity contribution in [3.8, 4) is 5.88 Å². The predicted octanol–water partition coefficient (Wildman–Crippen LogP) is 1.63. The monoisotopic (exact) mass is 317 g/mol. The van der Waals surface area contributed by atoms with Crippen molar-refractivity contribution >= 4 is 0 Å². The van der Waals surface area contributed by atoms with Crippen molar-refractivity contribution in [3.63, 3.8) is 0 Å². The first-order valence-electron chi connectivity index (χ1n) is 8.87. The van der Waals surface area contributed by atoms with E-state index in [2.05, 4.69) is 20.9 Å². The third-order valence-corrected chi connectivity index (χ3v) is 5.73. The second-order valence-electron chi connectivity index (χ2n) is 7.14. The van der Waals surface area contributed by atoms with Gasteiger partial charge in [-0.05, 0) is 37.9 Å². The number of pyridine rings is 1. The van der Waals surface area contributed by atoms with Crippen LogP contribution in [0.1, 0.15) is 18.4 Å². The minimum Gasteiger partial charge on any atom is -0.481 e. The number of likely N-dealkylation sites (tertiary alicyclic amines) is 2. The normalized spacial score (nSPS) is 32.1. The summed E-state index contributed by atoms with van der Waals surface area (Å²) >= 11 is 0. The summed E-state index contributed by atoms with van der Waals surface area (Å²) in [4.78, 5) is 9.56. The summed E-state index contributed by atoms with van der Waals surface area (Å²) in [6.07, 6.45) is 4.50. The Morgan fingerprint density at radius 1 is 1.26 bits per heavy atom. The molecule has 4 heterocycles. The largest absolute Gasteiger partial charge is 0.481 e. The summed E-state index contributed by atoms with van der Waals surface area (Å²) < 4.78 is 11.4. The van der Waals surface area contributed by atoms with Crippen LogP contribution in [0.2, 0.25) is 0 Å². The van der Waals surface area contributed by atoms with E-state index in [1.807, 2.05) is 6.07 Å². The highest BCUT2D eigenvalue weighted by atomic mass is 16.5. The zero-order valence-corrected chi connectivity index (χ0v) is 14.0. The maximum atomic E-state index is 5.95. The molecule has 3 saturated heterocycles. The number of nitrogens with zero attached hydrogens (tertiary/aromatic N) is 3. The van der Waals surface area contributed by atoms with Gasteiger partial charge in [0.25, 0.3) is 0 Å². The van der Waals surface area contributed by atoms with Gasteiger partial charge in [-0.3, -0.25) is 9.80 Å². The molecule has 0 aliphatic carbocycles. The lowest BCUT2D eigenvalue weighted by Gasteiger charge is -2.38. The fraction of sp³-hybridized carbons (Fsp3) is 0.722. The molecular weight excluding hydrogens is 290 g/mol. The van der Waals surface area contributed by atoms with E-state index < -0.39 is 0 Å². The molecule has 3 aliphatic rings. The number of hydrogen-bond acceptors (Lipinski definition) is 5. The molecule has 1 aromatic rings. The topological polar surface area (TPSA) is 37.8 Å². The standard InChI is InChI=1S/C18H27N3O2/c1-22-18-14(5-4-6-19-18)9-20-10-15-12-23-13-17(16(15)11-20)21-7-2-3-8-21/h4-6,15-17H,2-3,7-13H2,1H3/t15-,16-,17-/m1/s1. The van der Waals surface area contributed by atoms with E-state index in [1.165, 1.54) is 38.0 Å². The molecule has 3 aliphatic heterocycles. The molecule has 3 fully saturated rings. The summed E-state index contributed by atoms with van der Waals surface area (Å²) in [6.45, 7) is 7.60. The third kappa shape index (κ3) is 3.10. The molecule has 126 valence electrons. The van der Waals surface area contributed by atoms with Crippen LogP contribution in [0.25, 0.3) is 0 Å². The summed E-state index contributed by atoms with van der Waals surface area (Å²) in [5.74, 6) is 2.19.